The van der Waals surface area contributed by atoms with Crippen LogP contribution in [0.25, 0.3) is 0 Å². The van der Waals surface area contributed by atoms with Gasteiger partial charge in [0.15, 0.2) is 0 Å². The molecular weight excluding hydrogens is 140 g/mol. The van der Waals surface area contributed by atoms with E-state index in [1.807, 2.05) is 29.4 Å². The molecule has 2 rings (SSSR count). The van der Waals surface area contributed by atoms with Gasteiger partial charge in [-0.1, -0.05) is 12.2 Å². The Balaban J connectivity index is 2.26. The minimum Gasteiger partial charge on any atom is -0.305 e. The second-order valence-corrected chi connectivity index (χ2v) is 2.47. The van der Waals surface area contributed by atoms with Crippen LogP contribution >= 0.6 is 0 Å². The molecule has 0 aromatic rings. The molecule has 1 atom stereocenters. The van der Waals surface area contributed by atoms with Crippen LogP contribution in [0.1, 0.15) is 0 Å². The molecule has 11 heavy (non-hydrogen) atoms. The second-order valence-electron chi connectivity index (χ2n) is 2.47. The quantitative estimate of drug-likeness (QED) is 0.544. The Kier molecular flexibility index (Phi) is 1.28. The molecule has 0 saturated carbocycles. The summed E-state index contributed by atoms with van der Waals surface area (Å²) in [4.78, 5) is 10.5. The summed E-state index contributed by atoms with van der Waals surface area (Å²) in [7, 11) is 0. The summed E-state index contributed by atoms with van der Waals surface area (Å²) in [6.45, 7) is 0. The van der Waals surface area contributed by atoms with Gasteiger partial charge in [-0.3, -0.25) is 9.80 Å². The molecule has 0 fully saturated rings. The maximum absolute atomic E-state index is 10.5. The first kappa shape index (κ1) is 6.22. The van der Waals surface area contributed by atoms with E-state index in [-0.39, 0.29) is 6.04 Å². The van der Waals surface area contributed by atoms with Crippen molar-refractivity contribution in [3.8, 4) is 0 Å². The SMILES string of the molecule is O=CC1=CNN2C=CC=CC12. The Morgan fingerprint density at radius 1 is 1.55 bits per heavy atom. The third-order valence-electron chi connectivity index (χ3n) is 1.81. The summed E-state index contributed by atoms with van der Waals surface area (Å²) in [6, 6.07) is 0.0949. The zero-order chi connectivity index (χ0) is 7.68. The highest BCUT2D eigenvalue weighted by Crippen LogP contribution is 2.17. The van der Waals surface area contributed by atoms with Crippen LogP contribution in [-0.2, 0) is 4.79 Å². The standard InChI is InChI=1S/C8H8N2O/c11-6-7-5-9-10-4-2-1-3-8(7)10/h1-6,8-9H. The lowest BCUT2D eigenvalue weighted by molar-refractivity contribution is -0.105. The van der Waals surface area contributed by atoms with Crippen molar-refractivity contribution in [1.82, 2.24) is 10.4 Å². The minimum absolute atomic E-state index is 0.0949. The Morgan fingerprint density at radius 2 is 2.45 bits per heavy atom. The van der Waals surface area contributed by atoms with E-state index in [0.29, 0.717) is 0 Å². The van der Waals surface area contributed by atoms with Gasteiger partial charge in [-0.25, -0.2) is 0 Å². The molecule has 2 aliphatic heterocycles. The lowest BCUT2D eigenvalue weighted by Crippen LogP contribution is -2.33. The summed E-state index contributed by atoms with van der Waals surface area (Å²) in [5.41, 5.74) is 3.73. The topological polar surface area (TPSA) is 32.3 Å². The Morgan fingerprint density at radius 3 is 3.27 bits per heavy atom. The smallest absolute Gasteiger partial charge is 0.150 e. The highest BCUT2D eigenvalue weighted by Gasteiger charge is 2.22. The van der Waals surface area contributed by atoms with E-state index in [2.05, 4.69) is 5.43 Å². The number of aldehydes is 1. The van der Waals surface area contributed by atoms with Crippen molar-refractivity contribution in [2.45, 2.75) is 6.04 Å². The van der Waals surface area contributed by atoms with E-state index in [9.17, 15) is 4.79 Å². The second kappa shape index (κ2) is 2.27. The summed E-state index contributed by atoms with van der Waals surface area (Å²) in [5, 5.41) is 1.88. The molecule has 2 aliphatic rings. The van der Waals surface area contributed by atoms with Gasteiger partial charge in [0, 0.05) is 18.0 Å². The van der Waals surface area contributed by atoms with Crippen LogP contribution in [0.15, 0.2) is 36.2 Å². The molecule has 0 aromatic carbocycles. The van der Waals surface area contributed by atoms with Crippen molar-refractivity contribution in [2.75, 3.05) is 0 Å². The van der Waals surface area contributed by atoms with Gasteiger partial charge in [0.05, 0.1) is 6.04 Å². The lowest BCUT2D eigenvalue weighted by atomic mass is 10.1. The molecule has 2 heterocycles. The number of carbonyl (C=O) groups is 1. The van der Waals surface area contributed by atoms with E-state index in [0.717, 1.165) is 11.9 Å². The first-order valence-corrected chi connectivity index (χ1v) is 3.46. The fourth-order valence-corrected chi connectivity index (χ4v) is 1.23. The van der Waals surface area contributed by atoms with Crippen molar-refractivity contribution >= 4 is 6.29 Å². The van der Waals surface area contributed by atoms with Crippen molar-refractivity contribution in [1.29, 1.82) is 0 Å². The average Bonchev–Trinajstić information content (AvgIpc) is 2.47. The molecule has 0 radical (unpaired) electrons. The van der Waals surface area contributed by atoms with Gasteiger partial charge >= 0.3 is 0 Å². The fraction of sp³-hybridized carbons (Fsp3) is 0.125. The molecule has 0 saturated heterocycles. The van der Waals surface area contributed by atoms with Crippen LogP contribution in [0, 0.1) is 0 Å². The molecule has 0 bridgehead atoms. The summed E-state index contributed by atoms with van der Waals surface area (Å²) >= 11 is 0. The maximum atomic E-state index is 10.5. The van der Waals surface area contributed by atoms with E-state index in [1.54, 1.807) is 6.20 Å². The van der Waals surface area contributed by atoms with Gasteiger partial charge in [0.2, 0.25) is 0 Å². The normalized spacial score (nSPS) is 26.0. The molecule has 0 aliphatic carbocycles. The van der Waals surface area contributed by atoms with Gasteiger partial charge in [0.1, 0.15) is 6.29 Å². The predicted molar refractivity (Wildman–Crippen MR) is 41.2 cm³/mol. The molecule has 0 spiro atoms. The number of carbonyl (C=O) groups excluding carboxylic acids is 1. The number of hydrogen-bond acceptors (Lipinski definition) is 3. The first-order valence-electron chi connectivity index (χ1n) is 3.46. The average molecular weight is 148 g/mol. The van der Waals surface area contributed by atoms with Gasteiger partial charge in [-0.15, -0.1) is 0 Å². The third kappa shape index (κ3) is 0.852. The number of hydrazine groups is 1. The molecule has 3 nitrogen and oxygen atoms in total. The van der Waals surface area contributed by atoms with Gasteiger partial charge in [0.25, 0.3) is 0 Å². The number of allylic oxidation sites excluding steroid dienone is 2. The summed E-state index contributed by atoms with van der Waals surface area (Å²) < 4.78 is 0. The molecule has 0 aromatic heterocycles. The number of fused-ring (bicyclic) bond motifs is 1. The lowest BCUT2D eigenvalue weighted by Gasteiger charge is -2.22. The Hall–Kier alpha value is -1.51. The molecule has 0 amide bonds. The summed E-state index contributed by atoms with van der Waals surface area (Å²) in [5.74, 6) is 0. The third-order valence-corrected chi connectivity index (χ3v) is 1.81. The fourth-order valence-electron chi connectivity index (χ4n) is 1.23. The zero-order valence-electron chi connectivity index (χ0n) is 5.90. The number of nitrogens with one attached hydrogen (secondary N) is 1. The molecular formula is C8H8N2O. The predicted octanol–water partition coefficient (Wildman–Crippen LogP) is 0.341. The largest absolute Gasteiger partial charge is 0.305 e. The monoisotopic (exact) mass is 148 g/mol. The van der Waals surface area contributed by atoms with Crippen LogP contribution in [0.2, 0.25) is 0 Å². The number of nitrogens with zero attached hydrogens (tertiary/aromatic N) is 1. The van der Waals surface area contributed by atoms with Crippen molar-refractivity contribution in [3.63, 3.8) is 0 Å². The molecule has 1 N–H and O–H groups in total. The Labute approximate surface area is 64.7 Å². The maximum Gasteiger partial charge on any atom is 0.150 e. The van der Waals surface area contributed by atoms with Crippen LogP contribution in [0.4, 0.5) is 0 Å². The minimum atomic E-state index is 0.0949. The molecule has 1 unspecified atom stereocenters. The molecule has 56 valence electrons. The van der Waals surface area contributed by atoms with Crippen LogP contribution < -0.4 is 5.43 Å². The highest BCUT2D eigenvalue weighted by molar-refractivity contribution is 5.76. The first-order chi connectivity index (χ1) is 5.42. The van der Waals surface area contributed by atoms with E-state index in [1.165, 1.54) is 0 Å². The van der Waals surface area contributed by atoms with Crippen molar-refractivity contribution in [2.24, 2.45) is 0 Å². The van der Waals surface area contributed by atoms with Crippen molar-refractivity contribution < 1.29 is 4.79 Å². The van der Waals surface area contributed by atoms with Gasteiger partial charge in [-0.2, -0.15) is 0 Å². The number of rotatable bonds is 1. The van der Waals surface area contributed by atoms with E-state index < -0.39 is 0 Å². The van der Waals surface area contributed by atoms with Crippen molar-refractivity contribution in [3.05, 3.63) is 36.2 Å². The van der Waals surface area contributed by atoms with Crippen LogP contribution in [0.5, 0.6) is 0 Å². The zero-order valence-corrected chi connectivity index (χ0v) is 5.90. The highest BCUT2D eigenvalue weighted by atomic mass is 16.1. The summed E-state index contributed by atoms with van der Waals surface area (Å²) in [6.07, 6.45) is 10.3. The van der Waals surface area contributed by atoms with Crippen LogP contribution in [0.3, 0.4) is 0 Å². The van der Waals surface area contributed by atoms with Crippen LogP contribution in [-0.4, -0.2) is 17.3 Å². The molecule has 3 heteroatoms. The van der Waals surface area contributed by atoms with E-state index in [4.69, 9.17) is 0 Å². The Bertz CT molecular complexity index is 265. The number of hydrogen-bond donors (Lipinski definition) is 1. The van der Waals surface area contributed by atoms with Gasteiger partial charge in [-0.05, 0) is 6.08 Å². The van der Waals surface area contributed by atoms with Gasteiger partial charge < -0.3 is 5.43 Å². The van der Waals surface area contributed by atoms with E-state index >= 15 is 0 Å².